The van der Waals surface area contributed by atoms with Crippen molar-refractivity contribution in [2.75, 3.05) is 18.4 Å². The highest BCUT2D eigenvalue weighted by Crippen LogP contribution is 2.18. The number of carbonyl (C=O) groups is 1. The third kappa shape index (κ3) is 4.05. The normalized spacial score (nSPS) is 10.9. The van der Waals surface area contributed by atoms with Crippen molar-refractivity contribution in [2.45, 2.75) is 20.4 Å². The lowest BCUT2D eigenvalue weighted by atomic mass is 10.3. The minimum absolute atomic E-state index is 0.0300. The Hall–Kier alpha value is -1.92. The molecule has 2 rings (SSSR count). The average molecular weight is 318 g/mol. The predicted octanol–water partition coefficient (Wildman–Crippen LogP) is 2.73. The van der Waals surface area contributed by atoms with Gasteiger partial charge in [0.05, 0.1) is 23.6 Å². The standard InChI is InChI=1S/C16H22N4OS/c1-5-8-20(10-14-7-6-9-22-14)11-15(21)17-16-12(2)18-19(4)13(16)3/h5-7,9H,1,8,10-11H2,2-4H3,(H,17,21). The smallest absolute Gasteiger partial charge is 0.238 e. The second kappa shape index (κ2) is 7.38. The van der Waals surface area contributed by atoms with Crippen LogP contribution in [0.5, 0.6) is 0 Å². The Morgan fingerprint density at radius 2 is 2.32 bits per heavy atom. The van der Waals surface area contributed by atoms with Crippen LogP contribution in [0.25, 0.3) is 0 Å². The van der Waals surface area contributed by atoms with Crippen LogP contribution in [-0.2, 0) is 18.4 Å². The number of nitrogens with one attached hydrogen (secondary N) is 1. The molecule has 6 heteroatoms. The molecule has 2 aromatic rings. The Morgan fingerprint density at radius 1 is 1.55 bits per heavy atom. The molecule has 2 aromatic heterocycles. The van der Waals surface area contributed by atoms with Gasteiger partial charge in [0.15, 0.2) is 0 Å². The average Bonchev–Trinajstić information content (AvgIpc) is 3.04. The third-order valence-electron chi connectivity index (χ3n) is 3.49. The highest BCUT2D eigenvalue weighted by Gasteiger charge is 2.15. The van der Waals surface area contributed by atoms with Gasteiger partial charge < -0.3 is 5.32 Å². The molecule has 0 aliphatic carbocycles. The van der Waals surface area contributed by atoms with E-state index in [0.717, 1.165) is 23.6 Å². The highest BCUT2D eigenvalue weighted by atomic mass is 32.1. The Bertz CT molecular complexity index is 645. The van der Waals surface area contributed by atoms with Gasteiger partial charge in [-0.2, -0.15) is 5.10 Å². The number of thiophene rings is 1. The summed E-state index contributed by atoms with van der Waals surface area (Å²) in [6.07, 6.45) is 1.82. The Labute approximate surface area is 135 Å². The van der Waals surface area contributed by atoms with Gasteiger partial charge in [0, 0.05) is 25.0 Å². The molecule has 0 unspecified atom stereocenters. The van der Waals surface area contributed by atoms with E-state index in [1.165, 1.54) is 4.88 Å². The van der Waals surface area contributed by atoms with Crippen LogP contribution in [0, 0.1) is 13.8 Å². The van der Waals surface area contributed by atoms with Gasteiger partial charge in [-0.1, -0.05) is 12.1 Å². The number of carbonyl (C=O) groups excluding carboxylic acids is 1. The second-order valence-corrected chi connectivity index (χ2v) is 6.29. The van der Waals surface area contributed by atoms with Crippen LogP contribution < -0.4 is 5.32 Å². The first-order valence-corrected chi connectivity index (χ1v) is 8.05. The first kappa shape index (κ1) is 16.5. The van der Waals surface area contributed by atoms with Crippen molar-refractivity contribution in [2.24, 2.45) is 7.05 Å². The molecule has 0 aliphatic heterocycles. The molecule has 0 saturated heterocycles. The number of aryl methyl sites for hydroxylation is 2. The van der Waals surface area contributed by atoms with E-state index in [-0.39, 0.29) is 5.91 Å². The molecule has 0 atom stereocenters. The van der Waals surface area contributed by atoms with Crippen molar-refractivity contribution in [3.8, 4) is 0 Å². The summed E-state index contributed by atoms with van der Waals surface area (Å²) in [6, 6.07) is 4.10. The summed E-state index contributed by atoms with van der Waals surface area (Å²) in [6.45, 7) is 9.38. The van der Waals surface area contributed by atoms with Gasteiger partial charge in [-0.3, -0.25) is 14.4 Å². The molecule has 1 amide bonds. The Balaban J connectivity index is 2.00. The molecule has 0 fully saturated rings. The zero-order valence-electron chi connectivity index (χ0n) is 13.3. The summed E-state index contributed by atoms with van der Waals surface area (Å²) < 4.78 is 1.78. The van der Waals surface area contributed by atoms with E-state index in [4.69, 9.17) is 0 Å². The molecular formula is C16H22N4OS. The van der Waals surface area contributed by atoms with Gasteiger partial charge in [0.2, 0.25) is 5.91 Å². The fraction of sp³-hybridized carbons (Fsp3) is 0.375. The summed E-state index contributed by atoms with van der Waals surface area (Å²) >= 11 is 1.70. The van der Waals surface area contributed by atoms with Crippen LogP contribution in [0.1, 0.15) is 16.3 Å². The zero-order chi connectivity index (χ0) is 16.1. The zero-order valence-corrected chi connectivity index (χ0v) is 14.1. The van der Waals surface area contributed by atoms with Gasteiger partial charge in [0.25, 0.3) is 0 Å². The summed E-state index contributed by atoms with van der Waals surface area (Å²) in [5.74, 6) is -0.0300. The molecule has 118 valence electrons. The maximum Gasteiger partial charge on any atom is 0.238 e. The van der Waals surface area contributed by atoms with Crippen molar-refractivity contribution in [1.82, 2.24) is 14.7 Å². The van der Waals surface area contributed by atoms with Gasteiger partial charge in [-0.15, -0.1) is 17.9 Å². The molecule has 22 heavy (non-hydrogen) atoms. The van der Waals surface area contributed by atoms with Crippen molar-refractivity contribution in [3.63, 3.8) is 0 Å². The molecule has 0 aliphatic rings. The summed E-state index contributed by atoms with van der Waals surface area (Å²) in [5, 5.41) is 9.33. The second-order valence-electron chi connectivity index (χ2n) is 5.26. The van der Waals surface area contributed by atoms with Crippen LogP contribution in [0.3, 0.4) is 0 Å². The molecule has 1 N–H and O–H groups in total. The van der Waals surface area contributed by atoms with Crippen molar-refractivity contribution < 1.29 is 4.79 Å². The minimum Gasteiger partial charge on any atom is -0.322 e. The van der Waals surface area contributed by atoms with E-state index >= 15 is 0 Å². The van der Waals surface area contributed by atoms with Gasteiger partial charge >= 0.3 is 0 Å². The van der Waals surface area contributed by atoms with Crippen molar-refractivity contribution >= 4 is 22.9 Å². The number of hydrogen-bond acceptors (Lipinski definition) is 4. The van der Waals surface area contributed by atoms with Gasteiger partial charge in [0.1, 0.15) is 0 Å². The number of anilines is 1. The van der Waals surface area contributed by atoms with E-state index < -0.39 is 0 Å². The van der Waals surface area contributed by atoms with Gasteiger partial charge in [-0.25, -0.2) is 0 Å². The van der Waals surface area contributed by atoms with Crippen LogP contribution in [0.15, 0.2) is 30.2 Å². The fourth-order valence-corrected chi connectivity index (χ4v) is 3.07. The van der Waals surface area contributed by atoms with Crippen LogP contribution in [0.2, 0.25) is 0 Å². The lowest BCUT2D eigenvalue weighted by Crippen LogP contribution is -2.33. The largest absolute Gasteiger partial charge is 0.322 e. The SMILES string of the molecule is C=CCN(CC(=O)Nc1c(C)nn(C)c1C)Cc1cccs1. The lowest BCUT2D eigenvalue weighted by Gasteiger charge is -2.19. The maximum absolute atomic E-state index is 12.3. The van der Waals surface area contributed by atoms with Crippen LogP contribution in [-0.4, -0.2) is 33.7 Å². The monoisotopic (exact) mass is 318 g/mol. The summed E-state index contributed by atoms with van der Waals surface area (Å²) in [7, 11) is 1.87. The summed E-state index contributed by atoms with van der Waals surface area (Å²) in [4.78, 5) is 15.6. The Morgan fingerprint density at radius 3 is 2.86 bits per heavy atom. The molecular weight excluding hydrogens is 296 g/mol. The fourth-order valence-electron chi connectivity index (χ4n) is 2.33. The number of rotatable bonds is 7. The quantitative estimate of drug-likeness (QED) is 0.799. The van der Waals surface area contributed by atoms with Crippen LogP contribution in [0.4, 0.5) is 5.69 Å². The molecule has 5 nitrogen and oxygen atoms in total. The number of hydrogen-bond donors (Lipinski definition) is 1. The molecule has 0 bridgehead atoms. The molecule has 0 aromatic carbocycles. The van der Waals surface area contributed by atoms with E-state index in [2.05, 4.69) is 28.0 Å². The van der Waals surface area contributed by atoms with E-state index in [1.807, 2.05) is 38.4 Å². The predicted molar refractivity (Wildman–Crippen MR) is 91.1 cm³/mol. The van der Waals surface area contributed by atoms with Crippen LogP contribution >= 0.6 is 11.3 Å². The topological polar surface area (TPSA) is 50.2 Å². The first-order chi connectivity index (χ1) is 10.5. The number of aromatic nitrogens is 2. The third-order valence-corrected chi connectivity index (χ3v) is 4.35. The van der Waals surface area contributed by atoms with E-state index in [1.54, 1.807) is 16.0 Å². The van der Waals surface area contributed by atoms with Crippen molar-refractivity contribution in [1.29, 1.82) is 0 Å². The van der Waals surface area contributed by atoms with E-state index in [9.17, 15) is 4.79 Å². The lowest BCUT2D eigenvalue weighted by molar-refractivity contribution is -0.117. The molecule has 0 saturated carbocycles. The van der Waals surface area contributed by atoms with Crippen molar-refractivity contribution in [3.05, 3.63) is 46.4 Å². The summed E-state index contributed by atoms with van der Waals surface area (Å²) in [5.41, 5.74) is 2.60. The number of amides is 1. The van der Waals surface area contributed by atoms with E-state index in [0.29, 0.717) is 13.1 Å². The highest BCUT2D eigenvalue weighted by molar-refractivity contribution is 7.09. The number of nitrogens with zero attached hydrogens (tertiary/aromatic N) is 3. The molecule has 0 radical (unpaired) electrons. The minimum atomic E-state index is -0.0300. The molecule has 0 spiro atoms. The maximum atomic E-state index is 12.3. The Kier molecular flexibility index (Phi) is 5.51. The molecule has 2 heterocycles. The van der Waals surface area contributed by atoms with Gasteiger partial charge in [-0.05, 0) is 25.3 Å². The first-order valence-electron chi connectivity index (χ1n) is 7.17.